The molecule has 3 heterocycles. The van der Waals surface area contributed by atoms with Crippen LogP contribution in [0.1, 0.15) is 0 Å². The summed E-state index contributed by atoms with van der Waals surface area (Å²) in [5, 5.41) is 14.4. The number of quaternary nitrogens is 1. The average molecular weight is 276 g/mol. The Morgan fingerprint density at radius 3 is 2.48 bits per heavy atom. The van der Waals surface area contributed by atoms with E-state index in [1.165, 1.54) is 4.79 Å². The smallest absolute Gasteiger partial charge is 0.336 e. The Hall–Kier alpha value is -2.83. The molecule has 1 aliphatic rings. The van der Waals surface area contributed by atoms with Gasteiger partial charge in [0.25, 0.3) is 12.0 Å². The largest absolute Gasteiger partial charge is 0.567 e. The zero-order valence-corrected chi connectivity index (χ0v) is 10.9. The number of fused-ring (bicyclic) bond motifs is 5. The van der Waals surface area contributed by atoms with Crippen molar-refractivity contribution in [2.24, 2.45) is 0 Å². The van der Waals surface area contributed by atoms with Crippen molar-refractivity contribution in [3.63, 3.8) is 0 Å². The Morgan fingerprint density at radius 1 is 1.00 bits per heavy atom. The number of nitrogens with one attached hydrogen (secondary N) is 1. The maximum Gasteiger partial charge on any atom is 0.336 e. The molecule has 5 rings (SSSR count). The summed E-state index contributed by atoms with van der Waals surface area (Å²) in [6.45, 7) is 0. The molecule has 0 bridgehead atoms. The maximum atomic E-state index is 12.3. The zero-order valence-electron chi connectivity index (χ0n) is 10.9. The van der Waals surface area contributed by atoms with Crippen LogP contribution in [0.5, 0.6) is 0 Å². The lowest BCUT2D eigenvalue weighted by molar-refractivity contribution is -1.37. The van der Waals surface area contributed by atoms with Crippen LogP contribution < -0.4 is 9.96 Å². The van der Waals surface area contributed by atoms with Gasteiger partial charge in [-0.2, -0.15) is 4.98 Å². The minimum absolute atomic E-state index is 0.141. The van der Waals surface area contributed by atoms with Gasteiger partial charge in [-0.25, -0.2) is 4.98 Å². The molecule has 1 unspecified atom stereocenters. The van der Waals surface area contributed by atoms with Crippen LogP contribution in [0.4, 0.5) is 5.82 Å². The highest BCUT2D eigenvalue weighted by Crippen LogP contribution is 2.23. The number of rotatable bonds is 0. The van der Waals surface area contributed by atoms with Gasteiger partial charge in [0.15, 0.2) is 0 Å². The summed E-state index contributed by atoms with van der Waals surface area (Å²) in [7, 11) is 0. The summed E-state index contributed by atoms with van der Waals surface area (Å²) in [4.78, 5) is 10.7. The Balaban J connectivity index is 1.89. The van der Waals surface area contributed by atoms with E-state index in [0.29, 0.717) is 11.6 Å². The van der Waals surface area contributed by atoms with Crippen molar-refractivity contribution in [2.45, 2.75) is 0 Å². The highest BCUT2D eigenvalue weighted by atomic mass is 16.6. The van der Waals surface area contributed by atoms with Gasteiger partial charge in [0.05, 0.1) is 22.0 Å². The fourth-order valence-corrected chi connectivity index (χ4v) is 2.83. The van der Waals surface area contributed by atoms with Crippen LogP contribution in [0.25, 0.3) is 27.6 Å². The molecule has 0 fully saturated rings. The molecule has 2 aromatic carbocycles. The van der Waals surface area contributed by atoms with Crippen LogP contribution in [0.15, 0.2) is 54.9 Å². The van der Waals surface area contributed by atoms with E-state index in [4.69, 9.17) is 0 Å². The van der Waals surface area contributed by atoms with Gasteiger partial charge in [-0.1, -0.05) is 29.4 Å². The summed E-state index contributed by atoms with van der Waals surface area (Å²) < 4.78 is 1.72. The molecule has 100 valence electrons. The second kappa shape index (κ2) is 3.63. The molecule has 0 aliphatic carbocycles. The van der Waals surface area contributed by atoms with Gasteiger partial charge in [0, 0.05) is 6.07 Å². The highest BCUT2D eigenvalue weighted by molar-refractivity contribution is 5.95. The van der Waals surface area contributed by atoms with E-state index in [0.717, 1.165) is 21.8 Å². The van der Waals surface area contributed by atoms with Gasteiger partial charge in [0.2, 0.25) is 0 Å². The fourth-order valence-electron chi connectivity index (χ4n) is 2.83. The zero-order chi connectivity index (χ0) is 14.0. The van der Waals surface area contributed by atoms with Crippen molar-refractivity contribution in [3.8, 4) is 5.82 Å². The minimum atomic E-state index is -0.141. The van der Waals surface area contributed by atoms with Gasteiger partial charge in [0.1, 0.15) is 0 Å². The molecule has 1 atom stereocenters. The molecule has 0 saturated carbocycles. The third kappa shape index (κ3) is 1.35. The van der Waals surface area contributed by atoms with E-state index < -0.39 is 0 Å². The topological polar surface area (TPSA) is 62.1 Å². The molecule has 4 aromatic rings. The van der Waals surface area contributed by atoms with Crippen LogP contribution in [0, 0.1) is 5.21 Å². The summed E-state index contributed by atoms with van der Waals surface area (Å²) in [5.74, 6) is 0.992. The SMILES string of the molecule is [O-][NH+]1c2nc3cc4ccccc4cc3nc2-n2ccc[n+]21. The predicted molar refractivity (Wildman–Crippen MR) is 76.0 cm³/mol. The van der Waals surface area contributed by atoms with E-state index in [1.54, 1.807) is 10.9 Å². The summed E-state index contributed by atoms with van der Waals surface area (Å²) in [6.07, 6.45) is 3.53. The second-order valence-corrected chi connectivity index (χ2v) is 5.07. The van der Waals surface area contributed by atoms with E-state index in [-0.39, 0.29) is 5.17 Å². The second-order valence-electron chi connectivity index (χ2n) is 5.07. The molecular weight excluding hydrogens is 266 g/mol. The molecule has 1 aliphatic heterocycles. The van der Waals surface area contributed by atoms with Crippen molar-refractivity contribution in [1.29, 1.82) is 0 Å². The minimum Gasteiger partial charge on any atom is -0.567 e. The third-order valence-corrected chi connectivity index (χ3v) is 3.83. The van der Waals surface area contributed by atoms with E-state index in [1.807, 2.05) is 48.7 Å². The van der Waals surface area contributed by atoms with E-state index in [9.17, 15) is 5.21 Å². The highest BCUT2D eigenvalue weighted by Gasteiger charge is 2.36. The normalized spacial score (nSPS) is 16.3. The van der Waals surface area contributed by atoms with Crippen molar-refractivity contribution >= 4 is 27.6 Å². The van der Waals surface area contributed by atoms with Crippen molar-refractivity contribution < 1.29 is 9.96 Å². The predicted octanol–water partition coefficient (Wildman–Crippen LogP) is 0.652. The number of hydrogen-bond donors (Lipinski definition) is 1. The summed E-state index contributed by atoms with van der Waals surface area (Å²) in [6, 6.07) is 13.9. The van der Waals surface area contributed by atoms with E-state index in [2.05, 4.69) is 9.97 Å². The lowest BCUT2D eigenvalue weighted by Gasteiger charge is -2.05. The molecule has 0 saturated heterocycles. The molecule has 6 nitrogen and oxygen atoms in total. The standard InChI is InChI=1S/C15H10N5O/c21-20-15-14(18-6-3-7-19(18)20)16-12-8-10-4-1-2-5-11(10)9-13(12)17-15/h1-9,20H/q+1. The quantitative estimate of drug-likeness (QED) is 0.291. The van der Waals surface area contributed by atoms with Crippen molar-refractivity contribution in [3.05, 3.63) is 60.1 Å². The maximum absolute atomic E-state index is 12.3. The molecule has 21 heavy (non-hydrogen) atoms. The van der Waals surface area contributed by atoms with Gasteiger partial charge in [-0.15, -0.1) is 0 Å². The lowest BCUT2D eigenvalue weighted by Crippen LogP contribution is -3.18. The van der Waals surface area contributed by atoms with E-state index >= 15 is 0 Å². The van der Waals surface area contributed by atoms with Crippen LogP contribution in [-0.4, -0.2) is 14.6 Å². The Labute approximate surface area is 119 Å². The average Bonchev–Trinajstić information content (AvgIpc) is 3.08. The first-order valence-corrected chi connectivity index (χ1v) is 6.66. The number of hydrogen-bond acceptors (Lipinski definition) is 3. The molecule has 0 radical (unpaired) electrons. The molecule has 0 amide bonds. The monoisotopic (exact) mass is 276 g/mol. The first-order valence-electron chi connectivity index (χ1n) is 6.66. The van der Waals surface area contributed by atoms with Gasteiger partial charge >= 0.3 is 5.82 Å². The van der Waals surface area contributed by atoms with Crippen LogP contribution in [0.3, 0.4) is 0 Å². The number of benzene rings is 2. The molecule has 2 aromatic heterocycles. The first-order chi connectivity index (χ1) is 10.3. The summed E-state index contributed by atoms with van der Waals surface area (Å²) >= 11 is 0. The van der Waals surface area contributed by atoms with Gasteiger partial charge < -0.3 is 5.21 Å². The van der Waals surface area contributed by atoms with Crippen LogP contribution in [0.2, 0.25) is 0 Å². The molecule has 6 heteroatoms. The number of aromatic nitrogens is 4. The first kappa shape index (κ1) is 10.9. The summed E-state index contributed by atoms with van der Waals surface area (Å²) in [5.41, 5.74) is 1.54. The van der Waals surface area contributed by atoms with Crippen molar-refractivity contribution in [2.75, 3.05) is 0 Å². The van der Waals surface area contributed by atoms with Gasteiger partial charge in [-0.3, -0.25) is 0 Å². The lowest BCUT2D eigenvalue weighted by atomic mass is 10.1. The third-order valence-electron chi connectivity index (χ3n) is 3.83. The van der Waals surface area contributed by atoms with Crippen molar-refractivity contribution in [1.82, 2.24) is 14.6 Å². The Morgan fingerprint density at radius 2 is 1.71 bits per heavy atom. The molecular formula is C15H10N5O+. The fraction of sp³-hybridized carbons (Fsp3) is 0. The van der Waals surface area contributed by atoms with Gasteiger partial charge in [-0.05, 0) is 27.6 Å². The number of nitrogens with zero attached hydrogens (tertiary/aromatic N) is 4. The Bertz CT molecular complexity index is 1020. The Kier molecular flexibility index (Phi) is 1.88. The molecule has 0 spiro atoms. The molecule has 1 N–H and O–H groups in total. The van der Waals surface area contributed by atoms with Crippen LogP contribution in [-0.2, 0) is 0 Å². The van der Waals surface area contributed by atoms with Crippen LogP contribution >= 0.6 is 0 Å².